The van der Waals surface area contributed by atoms with Gasteiger partial charge in [0.15, 0.2) is 0 Å². The standard InChI is InChI=1S/C18H23NO3/c1-12-5-4-6-17(13(12)2)22-11-15-9-14(16(19)10-20)7-8-18(15)21-3/h4-9,16,20H,10-11,19H2,1-3H3/t16-/m1/s1. The minimum absolute atomic E-state index is 0.0936. The van der Waals surface area contributed by atoms with Crippen LogP contribution in [-0.4, -0.2) is 18.8 Å². The molecule has 22 heavy (non-hydrogen) atoms. The molecule has 0 aromatic heterocycles. The molecule has 0 saturated carbocycles. The lowest BCUT2D eigenvalue weighted by atomic mass is 10.0. The lowest BCUT2D eigenvalue weighted by Gasteiger charge is -2.16. The summed E-state index contributed by atoms with van der Waals surface area (Å²) in [5, 5.41) is 9.19. The molecule has 0 spiro atoms. The van der Waals surface area contributed by atoms with Crippen LogP contribution < -0.4 is 15.2 Å². The Hall–Kier alpha value is -2.04. The molecule has 0 radical (unpaired) electrons. The molecule has 2 aromatic carbocycles. The Morgan fingerprint density at radius 2 is 1.91 bits per heavy atom. The maximum Gasteiger partial charge on any atom is 0.125 e. The fourth-order valence-corrected chi connectivity index (χ4v) is 2.28. The van der Waals surface area contributed by atoms with Crippen LogP contribution in [0, 0.1) is 13.8 Å². The molecular weight excluding hydrogens is 278 g/mol. The van der Waals surface area contributed by atoms with Gasteiger partial charge in [-0.15, -0.1) is 0 Å². The number of aryl methyl sites for hydroxylation is 1. The fraction of sp³-hybridized carbons (Fsp3) is 0.333. The van der Waals surface area contributed by atoms with E-state index in [9.17, 15) is 5.11 Å². The monoisotopic (exact) mass is 301 g/mol. The van der Waals surface area contributed by atoms with E-state index in [0.29, 0.717) is 6.61 Å². The maximum absolute atomic E-state index is 9.19. The summed E-state index contributed by atoms with van der Waals surface area (Å²) in [6.07, 6.45) is 0. The highest BCUT2D eigenvalue weighted by Gasteiger charge is 2.11. The highest BCUT2D eigenvalue weighted by Crippen LogP contribution is 2.26. The Morgan fingerprint density at radius 3 is 2.59 bits per heavy atom. The Balaban J connectivity index is 2.22. The molecule has 0 aliphatic rings. The first kappa shape index (κ1) is 16.3. The summed E-state index contributed by atoms with van der Waals surface area (Å²) in [6.45, 7) is 4.40. The maximum atomic E-state index is 9.19. The van der Waals surface area contributed by atoms with Crippen LogP contribution in [0.4, 0.5) is 0 Å². The van der Waals surface area contributed by atoms with Crippen molar-refractivity contribution in [1.82, 2.24) is 0 Å². The van der Waals surface area contributed by atoms with Crippen LogP contribution in [0.1, 0.15) is 28.3 Å². The molecular formula is C18H23NO3. The Kier molecular flexibility index (Phi) is 5.41. The van der Waals surface area contributed by atoms with E-state index in [-0.39, 0.29) is 6.61 Å². The van der Waals surface area contributed by atoms with E-state index in [4.69, 9.17) is 15.2 Å². The molecule has 4 nitrogen and oxygen atoms in total. The van der Waals surface area contributed by atoms with Gasteiger partial charge in [0.1, 0.15) is 18.1 Å². The van der Waals surface area contributed by atoms with Crippen LogP contribution in [0.5, 0.6) is 11.5 Å². The van der Waals surface area contributed by atoms with E-state index in [1.165, 1.54) is 5.56 Å². The third-order valence-electron chi connectivity index (χ3n) is 3.87. The van der Waals surface area contributed by atoms with Gasteiger partial charge in [-0.2, -0.15) is 0 Å². The van der Waals surface area contributed by atoms with E-state index in [1.807, 2.05) is 37.3 Å². The Morgan fingerprint density at radius 1 is 1.14 bits per heavy atom. The van der Waals surface area contributed by atoms with Crippen molar-refractivity contribution >= 4 is 0 Å². The summed E-state index contributed by atoms with van der Waals surface area (Å²) >= 11 is 0. The molecule has 0 amide bonds. The van der Waals surface area contributed by atoms with Gasteiger partial charge in [0.05, 0.1) is 19.8 Å². The van der Waals surface area contributed by atoms with Crippen molar-refractivity contribution in [3.63, 3.8) is 0 Å². The summed E-state index contributed by atoms with van der Waals surface area (Å²) < 4.78 is 11.3. The van der Waals surface area contributed by atoms with E-state index in [0.717, 1.165) is 28.2 Å². The predicted molar refractivity (Wildman–Crippen MR) is 87.3 cm³/mol. The van der Waals surface area contributed by atoms with Gasteiger partial charge in [0, 0.05) is 5.56 Å². The number of aliphatic hydroxyl groups excluding tert-OH is 1. The number of benzene rings is 2. The average Bonchev–Trinajstić information content (AvgIpc) is 2.55. The predicted octanol–water partition coefficient (Wildman–Crippen LogP) is 2.88. The van der Waals surface area contributed by atoms with Crippen LogP contribution in [0.3, 0.4) is 0 Å². The first-order valence-electron chi connectivity index (χ1n) is 7.29. The Bertz CT molecular complexity index is 640. The second-order valence-corrected chi connectivity index (χ2v) is 5.35. The number of nitrogens with two attached hydrogens (primary N) is 1. The van der Waals surface area contributed by atoms with Crippen molar-refractivity contribution in [1.29, 1.82) is 0 Å². The van der Waals surface area contributed by atoms with E-state index in [1.54, 1.807) is 7.11 Å². The first-order valence-corrected chi connectivity index (χ1v) is 7.29. The number of aliphatic hydroxyl groups is 1. The van der Waals surface area contributed by atoms with Gasteiger partial charge in [-0.25, -0.2) is 0 Å². The summed E-state index contributed by atoms with van der Waals surface area (Å²) in [7, 11) is 1.63. The molecule has 2 aromatic rings. The summed E-state index contributed by atoms with van der Waals surface area (Å²) in [4.78, 5) is 0. The topological polar surface area (TPSA) is 64.7 Å². The molecule has 0 saturated heterocycles. The smallest absolute Gasteiger partial charge is 0.125 e. The van der Waals surface area contributed by atoms with Crippen molar-refractivity contribution in [3.8, 4) is 11.5 Å². The molecule has 2 rings (SSSR count). The second-order valence-electron chi connectivity index (χ2n) is 5.35. The SMILES string of the molecule is COc1ccc([C@H](N)CO)cc1COc1cccc(C)c1C. The lowest BCUT2D eigenvalue weighted by molar-refractivity contribution is 0.267. The van der Waals surface area contributed by atoms with Crippen LogP contribution in [-0.2, 0) is 6.61 Å². The molecule has 0 heterocycles. The number of hydrogen-bond donors (Lipinski definition) is 2. The van der Waals surface area contributed by atoms with Crippen molar-refractivity contribution in [2.45, 2.75) is 26.5 Å². The highest BCUT2D eigenvalue weighted by atomic mass is 16.5. The molecule has 0 bridgehead atoms. The number of methoxy groups -OCH3 is 1. The number of rotatable bonds is 6. The third kappa shape index (κ3) is 3.59. The molecule has 4 heteroatoms. The lowest BCUT2D eigenvalue weighted by Crippen LogP contribution is -2.15. The average molecular weight is 301 g/mol. The van der Waals surface area contributed by atoms with E-state index in [2.05, 4.69) is 13.0 Å². The molecule has 0 aliphatic heterocycles. The van der Waals surface area contributed by atoms with Gasteiger partial charge >= 0.3 is 0 Å². The Labute approximate surface area is 131 Å². The molecule has 3 N–H and O–H groups in total. The van der Waals surface area contributed by atoms with Crippen LogP contribution in [0.15, 0.2) is 36.4 Å². The van der Waals surface area contributed by atoms with E-state index >= 15 is 0 Å². The normalized spacial score (nSPS) is 12.0. The number of ether oxygens (including phenoxy) is 2. The van der Waals surface area contributed by atoms with Gasteiger partial charge in [0.25, 0.3) is 0 Å². The second kappa shape index (κ2) is 7.29. The van der Waals surface area contributed by atoms with Gasteiger partial charge in [-0.3, -0.25) is 0 Å². The minimum atomic E-state index is -0.398. The zero-order valence-corrected chi connectivity index (χ0v) is 13.3. The van der Waals surface area contributed by atoms with Gasteiger partial charge in [-0.05, 0) is 48.7 Å². The van der Waals surface area contributed by atoms with Crippen molar-refractivity contribution in [3.05, 3.63) is 58.7 Å². The molecule has 0 fully saturated rings. The van der Waals surface area contributed by atoms with E-state index < -0.39 is 6.04 Å². The highest BCUT2D eigenvalue weighted by molar-refractivity contribution is 5.41. The van der Waals surface area contributed by atoms with Crippen molar-refractivity contribution in [2.75, 3.05) is 13.7 Å². The quantitative estimate of drug-likeness (QED) is 0.861. The summed E-state index contributed by atoms with van der Waals surface area (Å²) in [5.41, 5.74) is 9.97. The molecule has 118 valence electrons. The molecule has 1 atom stereocenters. The van der Waals surface area contributed by atoms with Crippen molar-refractivity contribution in [2.24, 2.45) is 5.73 Å². The summed E-state index contributed by atoms with van der Waals surface area (Å²) in [5.74, 6) is 1.61. The third-order valence-corrected chi connectivity index (χ3v) is 3.87. The van der Waals surface area contributed by atoms with Crippen molar-refractivity contribution < 1.29 is 14.6 Å². The first-order chi connectivity index (χ1) is 10.6. The summed E-state index contributed by atoms with van der Waals surface area (Å²) in [6, 6.07) is 11.2. The largest absolute Gasteiger partial charge is 0.496 e. The van der Waals surface area contributed by atoms with Crippen LogP contribution in [0.2, 0.25) is 0 Å². The van der Waals surface area contributed by atoms with Gasteiger partial charge < -0.3 is 20.3 Å². The zero-order chi connectivity index (χ0) is 16.1. The fourth-order valence-electron chi connectivity index (χ4n) is 2.28. The molecule has 0 unspecified atom stereocenters. The van der Waals surface area contributed by atoms with Gasteiger partial charge in [0.2, 0.25) is 0 Å². The molecule has 0 aliphatic carbocycles. The van der Waals surface area contributed by atoms with Gasteiger partial charge in [-0.1, -0.05) is 18.2 Å². The van der Waals surface area contributed by atoms with Crippen LogP contribution >= 0.6 is 0 Å². The minimum Gasteiger partial charge on any atom is -0.496 e. The zero-order valence-electron chi connectivity index (χ0n) is 13.3. The number of hydrogen-bond acceptors (Lipinski definition) is 4. The van der Waals surface area contributed by atoms with Crippen LogP contribution in [0.25, 0.3) is 0 Å².